The van der Waals surface area contributed by atoms with Crippen molar-refractivity contribution in [3.63, 3.8) is 0 Å². The van der Waals surface area contributed by atoms with Gasteiger partial charge in [0.15, 0.2) is 10.8 Å². The molecule has 0 atom stereocenters. The summed E-state index contributed by atoms with van der Waals surface area (Å²) < 4.78 is 55.7. The first-order valence-electron chi connectivity index (χ1n) is 8.32. The van der Waals surface area contributed by atoms with E-state index >= 15 is 0 Å². The number of fused-ring (bicyclic) bond motifs is 1. The van der Waals surface area contributed by atoms with Crippen LogP contribution in [-0.4, -0.2) is 28.0 Å². The molecule has 4 rings (SSSR count). The van der Waals surface area contributed by atoms with E-state index in [1.807, 2.05) is 0 Å². The van der Waals surface area contributed by atoms with E-state index in [4.69, 9.17) is 17.1 Å². The minimum Gasteiger partial charge on any atom is -0.276 e. The third-order valence-corrected chi connectivity index (χ3v) is 5.77. The Kier molecular flexibility index (Phi) is 5.15. The van der Waals surface area contributed by atoms with Crippen LogP contribution < -0.4 is 4.72 Å². The van der Waals surface area contributed by atoms with Crippen molar-refractivity contribution in [2.45, 2.75) is 4.90 Å². The number of halogens is 3. The Hall–Kier alpha value is -3.80. The molecule has 0 saturated heterocycles. The first-order valence-corrected chi connectivity index (χ1v) is 10.2. The molecule has 14 heteroatoms. The molecule has 4 aromatic rings. The van der Waals surface area contributed by atoms with E-state index in [9.17, 15) is 17.2 Å². The van der Waals surface area contributed by atoms with Crippen molar-refractivity contribution in [1.82, 2.24) is 19.6 Å². The van der Waals surface area contributed by atoms with E-state index in [-0.39, 0.29) is 22.2 Å². The molecule has 0 spiro atoms. The van der Waals surface area contributed by atoms with E-state index in [0.29, 0.717) is 17.3 Å². The Morgan fingerprint density at radius 2 is 2.00 bits per heavy atom. The van der Waals surface area contributed by atoms with E-state index in [1.54, 1.807) is 12.3 Å². The number of pyridine rings is 1. The topological polar surface area (TPSA) is 138 Å². The number of nitrogens with one attached hydrogen (secondary N) is 1. The van der Waals surface area contributed by atoms with Crippen LogP contribution in [0.2, 0.25) is 5.15 Å². The number of azide groups is 1. The van der Waals surface area contributed by atoms with Gasteiger partial charge in [0.1, 0.15) is 22.2 Å². The summed E-state index contributed by atoms with van der Waals surface area (Å²) in [5, 5.41) is 7.30. The molecule has 0 fully saturated rings. The monoisotopic (exact) mass is 462 g/mol. The van der Waals surface area contributed by atoms with Crippen LogP contribution in [0, 0.1) is 11.6 Å². The van der Waals surface area contributed by atoms with Gasteiger partial charge < -0.3 is 0 Å². The van der Waals surface area contributed by atoms with Crippen LogP contribution in [0.3, 0.4) is 0 Å². The normalized spacial score (nSPS) is 11.3. The van der Waals surface area contributed by atoms with Gasteiger partial charge >= 0.3 is 0 Å². The van der Waals surface area contributed by atoms with Crippen LogP contribution in [0.5, 0.6) is 0 Å². The summed E-state index contributed by atoms with van der Waals surface area (Å²) in [7, 11) is -4.43. The predicted octanol–water partition coefficient (Wildman–Crippen LogP) is 4.47. The molecule has 0 unspecified atom stereocenters. The average molecular weight is 463 g/mol. The second-order valence-electron chi connectivity index (χ2n) is 6.04. The maximum atomic E-state index is 14.0. The molecule has 3 heterocycles. The Balaban J connectivity index is 1.74. The molecule has 0 aliphatic rings. The maximum Gasteiger partial charge on any atom is 0.264 e. The average Bonchev–Trinajstić information content (AvgIpc) is 3.11. The number of nitrogens with zero attached hydrogens (tertiary/aromatic N) is 7. The van der Waals surface area contributed by atoms with Crippen molar-refractivity contribution in [2.24, 2.45) is 5.11 Å². The molecule has 1 N–H and O–H groups in total. The molecule has 0 amide bonds. The third kappa shape index (κ3) is 3.97. The second-order valence-corrected chi connectivity index (χ2v) is 8.05. The zero-order chi connectivity index (χ0) is 22.2. The summed E-state index contributed by atoms with van der Waals surface area (Å²) in [4.78, 5) is 10.2. The molecule has 10 nitrogen and oxygen atoms in total. The lowest BCUT2D eigenvalue weighted by Crippen LogP contribution is -2.15. The third-order valence-electron chi connectivity index (χ3n) is 4.07. The van der Waals surface area contributed by atoms with Gasteiger partial charge in [-0.05, 0) is 29.8 Å². The molecule has 3 aromatic heterocycles. The summed E-state index contributed by atoms with van der Waals surface area (Å²) >= 11 is 6.00. The highest BCUT2D eigenvalue weighted by Crippen LogP contribution is 2.29. The van der Waals surface area contributed by atoms with Gasteiger partial charge in [0.25, 0.3) is 10.0 Å². The van der Waals surface area contributed by atoms with Crippen LogP contribution in [0.1, 0.15) is 0 Å². The standard InChI is InChI=1S/C17H9ClF2N8O2S/c18-16-13(26-31(29,30)15-2-1-10(19)6-11(15)20)5-9(7-22-16)12-3-4-28-17(24-12)14(8-23-28)25-27-21/h1-8,26H. The number of anilines is 1. The fourth-order valence-electron chi connectivity index (χ4n) is 2.69. The Morgan fingerprint density at radius 3 is 2.74 bits per heavy atom. The molecule has 156 valence electrons. The van der Waals surface area contributed by atoms with Gasteiger partial charge in [-0.1, -0.05) is 16.7 Å². The number of benzene rings is 1. The minimum absolute atomic E-state index is 0.145. The Morgan fingerprint density at radius 1 is 1.19 bits per heavy atom. The molecular weight excluding hydrogens is 454 g/mol. The van der Waals surface area contributed by atoms with Crippen molar-refractivity contribution in [3.8, 4) is 11.3 Å². The number of aromatic nitrogens is 4. The van der Waals surface area contributed by atoms with Gasteiger partial charge in [0, 0.05) is 28.9 Å². The summed E-state index contributed by atoms with van der Waals surface area (Å²) in [6.07, 6.45) is 4.24. The van der Waals surface area contributed by atoms with Crippen molar-refractivity contribution >= 4 is 38.6 Å². The predicted molar refractivity (Wildman–Crippen MR) is 107 cm³/mol. The van der Waals surface area contributed by atoms with Gasteiger partial charge in [-0.2, -0.15) is 5.10 Å². The minimum atomic E-state index is -4.43. The highest BCUT2D eigenvalue weighted by Gasteiger charge is 2.21. The first-order chi connectivity index (χ1) is 14.8. The van der Waals surface area contributed by atoms with E-state index < -0.39 is 26.6 Å². The number of hydrogen-bond donors (Lipinski definition) is 1. The highest BCUT2D eigenvalue weighted by atomic mass is 35.5. The number of sulfonamides is 1. The van der Waals surface area contributed by atoms with Gasteiger partial charge in [0.05, 0.1) is 17.6 Å². The molecule has 31 heavy (non-hydrogen) atoms. The van der Waals surface area contributed by atoms with Crippen LogP contribution in [0.25, 0.3) is 27.3 Å². The fourth-order valence-corrected chi connectivity index (χ4v) is 4.01. The fraction of sp³-hybridized carbons (Fsp3) is 0. The lowest BCUT2D eigenvalue weighted by atomic mass is 10.2. The van der Waals surface area contributed by atoms with Crippen LogP contribution in [0.15, 0.2) is 58.9 Å². The molecule has 0 radical (unpaired) electrons. The van der Waals surface area contributed by atoms with E-state index in [2.05, 4.69) is 29.8 Å². The van der Waals surface area contributed by atoms with Gasteiger partial charge in [-0.3, -0.25) is 4.72 Å². The molecular formula is C17H9ClF2N8O2S. The zero-order valence-electron chi connectivity index (χ0n) is 15.1. The van der Waals surface area contributed by atoms with Crippen LogP contribution >= 0.6 is 11.6 Å². The molecule has 0 saturated carbocycles. The van der Waals surface area contributed by atoms with Crippen LogP contribution in [0.4, 0.5) is 20.2 Å². The highest BCUT2D eigenvalue weighted by molar-refractivity contribution is 7.92. The quantitative estimate of drug-likeness (QED) is 0.202. The molecule has 0 aliphatic heterocycles. The smallest absolute Gasteiger partial charge is 0.264 e. The first kappa shape index (κ1) is 20.5. The van der Waals surface area contributed by atoms with Gasteiger partial charge in [-0.25, -0.2) is 31.7 Å². The zero-order valence-corrected chi connectivity index (χ0v) is 16.7. The second kappa shape index (κ2) is 7.80. The lowest BCUT2D eigenvalue weighted by Gasteiger charge is -2.11. The Bertz CT molecular complexity index is 1490. The van der Waals surface area contributed by atoms with Crippen LogP contribution in [-0.2, 0) is 10.0 Å². The van der Waals surface area contributed by atoms with Gasteiger partial charge in [0.2, 0.25) is 0 Å². The molecule has 1 aromatic carbocycles. The van der Waals surface area contributed by atoms with Crippen molar-refractivity contribution in [2.75, 3.05) is 4.72 Å². The lowest BCUT2D eigenvalue weighted by molar-refractivity contribution is 0.551. The molecule has 0 bridgehead atoms. The van der Waals surface area contributed by atoms with Gasteiger partial charge in [-0.15, -0.1) is 0 Å². The summed E-state index contributed by atoms with van der Waals surface area (Å²) in [6, 6.07) is 4.99. The number of hydrogen-bond acceptors (Lipinski definition) is 6. The number of rotatable bonds is 5. The largest absolute Gasteiger partial charge is 0.276 e. The van der Waals surface area contributed by atoms with E-state index in [0.717, 1.165) is 12.1 Å². The van der Waals surface area contributed by atoms with E-state index in [1.165, 1.54) is 23.0 Å². The summed E-state index contributed by atoms with van der Waals surface area (Å²) in [6.45, 7) is 0. The van der Waals surface area contributed by atoms with Crippen molar-refractivity contribution in [1.29, 1.82) is 0 Å². The maximum absolute atomic E-state index is 14.0. The molecule has 0 aliphatic carbocycles. The summed E-state index contributed by atoms with van der Waals surface area (Å²) in [5.41, 5.74) is 9.66. The SMILES string of the molecule is [N-]=[N+]=Nc1cnn2ccc(-c3cnc(Cl)c(NS(=O)(=O)c4ccc(F)cc4F)c3)nc12. The van der Waals surface area contributed by atoms with Crippen molar-refractivity contribution in [3.05, 3.63) is 76.2 Å². The summed E-state index contributed by atoms with van der Waals surface area (Å²) in [5.74, 6) is -2.18. The Labute approximate surface area is 177 Å². The van der Waals surface area contributed by atoms with Crippen molar-refractivity contribution < 1.29 is 17.2 Å².